The predicted octanol–water partition coefficient (Wildman–Crippen LogP) is 3.79. The van der Waals surface area contributed by atoms with E-state index in [9.17, 15) is 4.79 Å². The lowest BCUT2D eigenvalue weighted by molar-refractivity contribution is -0.119. The normalized spacial score (nSPS) is 16.9. The van der Waals surface area contributed by atoms with Crippen LogP contribution in [-0.4, -0.2) is 18.7 Å². The first kappa shape index (κ1) is 16.4. The standard InChI is InChI=1S/C17H26N2O/c1-13(17(2,3)4)11-15(18-5)12-16(20)19-14-9-7-6-8-10-14/h7,9-11H,6,8,12H2,1-5H3,(H,19,20)/b13-11+,18-15?. The van der Waals surface area contributed by atoms with Gasteiger partial charge in [-0.3, -0.25) is 9.79 Å². The van der Waals surface area contributed by atoms with Gasteiger partial charge in [0.2, 0.25) is 5.91 Å². The molecule has 3 heteroatoms. The molecule has 0 bridgehead atoms. The molecule has 1 aliphatic carbocycles. The molecule has 0 aliphatic heterocycles. The first-order chi connectivity index (χ1) is 9.32. The number of rotatable bonds is 4. The number of carbonyl (C=O) groups excluding carboxylic acids is 1. The van der Waals surface area contributed by atoms with Crippen LogP contribution in [0.25, 0.3) is 0 Å². The summed E-state index contributed by atoms with van der Waals surface area (Å²) >= 11 is 0. The van der Waals surface area contributed by atoms with Gasteiger partial charge in [0, 0.05) is 18.5 Å². The molecule has 0 aromatic rings. The monoisotopic (exact) mass is 274 g/mol. The highest BCUT2D eigenvalue weighted by Gasteiger charge is 2.14. The molecular weight excluding hydrogens is 248 g/mol. The van der Waals surface area contributed by atoms with Gasteiger partial charge in [-0.25, -0.2) is 0 Å². The molecule has 0 atom stereocenters. The van der Waals surface area contributed by atoms with Crippen LogP contribution in [0.2, 0.25) is 0 Å². The fraction of sp³-hybridized carbons (Fsp3) is 0.529. The molecular formula is C17H26N2O. The summed E-state index contributed by atoms with van der Waals surface area (Å²) in [5.74, 6) is -0.0126. The molecule has 20 heavy (non-hydrogen) atoms. The van der Waals surface area contributed by atoms with Gasteiger partial charge in [-0.2, -0.15) is 0 Å². The van der Waals surface area contributed by atoms with Crippen LogP contribution in [0.1, 0.15) is 47.0 Å². The Labute approximate surface area is 122 Å². The van der Waals surface area contributed by atoms with Crippen molar-refractivity contribution >= 4 is 11.6 Å². The number of allylic oxidation sites excluding steroid dienone is 5. The predicted molar refractivity (Wildman–Crippen MR) is 85.8 cm³/mol. The maximum absolute atomic E-state index is 12.0. The lowest BCUT2D eigenvalue weighted by atomic mass is 9.86. The summed E-state index contributed by atoms with van der Waals surface area (Å²) in [5.41, 5.74) is 3.03. The molecule has 1 rings (SSSR count). The highest BCUT2D eigenvalue weighted by atomic mass is 16.1. The largest absolute Gasteiger partial charge is 0.326 e. The van der Waals surface area contributed by atoms with E-state index >= 15 is 0 Å². The number of nitrogens with one attached hydrogen (secondary N) is 1. The smallest absolute Gasteiger partial charge is 0.230 e. The van der Waals surface area contributed by atoms with Gasteiger partial charge in [0.25, 0.3) is 0 Å². The van der Waals surface area contributed by atoms with Gasteiger partial charge in [-0.1, -0.05) is 38.5 Å². The molecule has 0 aromatic heterocycles. The Morgan fingerprint density at radius 1 is 1.40 bits per heavy atom. The highest BCUT2D eigenvalue weighted by molar-refractivity contribution is 6.07. The van der Waals surface area contributed by atoms with Crippen molar-refractivity contribution in [3.05, 3.63) is 35.6 Å². The summed E-state index contributed by atoms with van der Waals surface area (Å²) < 4.78 is 0. The third-order valence-electron chi connectivity index (χ3n) is 3.47. The molecule has 0 spiro atoms. The van der Waals surface area contributed by atoms with E-state index in [1.165, 1.54) is 5.57 Å². The van der Waals surface area contributed by atoms with Crippen molar-refractivity contribution < 1.29 is 4.79 Å². The molecule has 1 aliphatic rings. The maximum atomic E-state index is 12.0. The first-order valence-corrected chi connectivity index (χ1v) is 7.14. The third kappa shape index (κ3) is 5.55. The van der Waals surface area contributed by atoms with Crippen LogP contribution in [0, 0.1) is 5.41 Å². The number of amides is 1. The molecule has 0 saturated carbocycles. The molecule has 0 fully saturated rings. The molecule has 110 valence electrons. The van der Waals surface area contributed by atoms with Crippen LogP contribution < -0.4 is 5.32 Å². The van der Waals surface area contributed by atoms with E-state index in [2.05, 4.69) is 50.2 Å². The van der Waals surface area contributed by atoms with Crippen molar-refractivity contribution in [2.45, 2.75) is 47.0 Å². The summed E-state index contributed by atoms with van der Waals surface area (Å²) in [4.78, 5) is 16.2. The number of aliphatic imine (C=N–C) groups is 1. The molecule has 0 unspecified atom stereocenters. The number of hydrogen-bond acceptors (Lipinski definition) is 2. The topological polar surface area (TPSA) is 41.5 Å². The fourth-order valence-corrected chi connectivity index (χ4v) is 1.74. The van der Waals surface area contributed by atoms with E-state index in [-0.39, 0.29) is 11.3 Å². The van der Waals surface area contributed by atoms with Gasteiger partial charge < -0.3 is 5.32 Å². The van der Waals surface area contributed by atoms with Gasteiger partial charge in [0.05, 0.1) is 6.42 Å². The molecule has 0 radical (unpaired) electrons. The Morgan fingerprint density at radius 3 is 2.60 bits per heavy atom. The van der Waals surface area contributed by atoms with Crippen molar-refractivity contribution in [1.82, 2.24) is 5.32 Å². The minimum Gasteiger partial charge on any atom is -0.326 e. The van der Waals surface area contributed by atoms with Crippen LogP contribution in [0.3, 0.4) is 0 Å². The summed E-state index contributed by atoms with van der Waals surface area (Å²) in [6.45, 7) is 8.55. The summed E-state index contributed by atoms with van der Waals surface area (Å²) in [5, 5.41) is 2.92. The Morgan fingerprint density at radius 2 is 2.10 bits per heavy atom. The Bertz CT molecular complexity index is 474. The summed E-state index contributed by atoms with van der Waals surface area (Å²) in [6.07, 6.45) is 10.5. The van der Waals surface area contributed by atoms with E-state index in [1.807, 2.05) is 12.2 Å². The lowest BCUT2D eigenvalue weighted by Gasteiger charge is -2.19. The number of carbonyl (C=O) groups is 1. The second-order valence-corrected chi connectivity index (χ2v) is 6.16. The number of hydrogen-bond donors (Lipinski definition) is 1. The van der Waals surface area contributed by atoms with Crippen molar-refractivity contribution in [2.24, 2.45) is 10.4 Å². The van der Waals surface area contributed by atoms with Crippen molar-refractivity contribution in [2.75, 3.05) is 7.05 Å². The molecule has 1 amide bonds. The highest BCUT2D eigenvalue weighted by Crippen LogP contribution is 2.24. The van der Waals surface area contributed by atoms with Crippen molar-refractivity contribution in [3.8, 4) is 0 Å². The molecule has 0 saturated heterocycles. The van der Waals surface area contributed by atoms with E-state index in [1.54, 1.807) is 7.05 Å². The molecule has 0 aromatic carbocycles. The van der Waals surface area contributed by atoms with Gasteiger partial charge in [-0.05, 0) is 37.3 Å². The average molecular weight is 274 g/mol. The van der Waals surface area contributed by atoms with Crippen molar-refractivity contribution in [1.29, 1.82) is 0 Å². The summed E-state index contributed by atoms with van der Waals surface area (Å²) in [7, 11) is 1.73. The average Bonchev–Trinajstić information content (AvgIpc) is 2.37. The van der Waals surface area contributed by atoms with E-state index in [4.69, 9.17) is 0 Å². The second-order valence-electron chi connectivity index (χ2n) is 6.16. The van der Waals surface area contributed by atoms with E-state index in [0.717, 1.165) is 24.3 Å². The van der Waals surface area contributed by atoms with Crippen LogP contribution in [0.15, 0.2) is 40.6 Å². The van der Waals surface area contributed by atoms with Gasteiger partial charge in [-0.15, -0.1) is 0 Å². The third-order valence-corrected chi connectivity index (χ3v) is 3.47. The van der Waals surface area contributed by atoms with Crippen LogP contribution in [-0.2, 0) is 4.79 Å². The minimum absolute atomic E-state index is 0.0126. The zero-order valence-electron chi connectivity index (χ0n) is 13.3. The number of nitrogens with zero attached hydrogens (tertiary/aromatic N) is 1. The van der Waals surface area contributed by atoms with Crippen LogP contribution in [0.5, 0.6) is 0 Å². The van der Waals surface area contributed by atoms with Crippen LogP contribution >= 0.6 is 0 Å². The zero-order valence-corrected chi connectivity index (χ0v) is 13.3. The van der Waals surface area contributed by atoms with Gasteiger partial charge in [0.1, 0.15) is 0 Å². The van der Waals surface area contributed by atoms with E-state index < -0.39 is 0 Å². The SMILES string of the molecule is CN=C(/C=C(\C)C(C)(C)C)CC(=O)NC1=CCCC=C1. The van der Waals surface area contributed by atoms with Gasteiger partial charge in [0.15, 0.2) is 0 Å². The van der Waals surface area contributed by atoms with Crippen LogP contribution in [0.4, 0.5) is 0 Å². The Balaban J connectivity index is 2.63. The van der Waals surface area contributed by atoms with E-state index in [0.29, 0.717) is 6.42 Å². The maximum Gasteiger partial charge on any atom is 0.230 e. The molecule has 1 N–H and O–H groups in total. The Kier molecular flexibility index (Phi) is 5.93. The first-order valence-electron chi connectivity index (χ1n) is 7.14. The molecule has 3 nitrogen and oxygen atoms in total. The zero-order chi connectivity index (χ0) is 15.2. The Hall–Kier alpha value is -1.64. The minimum atomic E-state index is -0.0126. The molecule has 0 heterocycles. The fourth-order valence-electron chi connectivity index (χ4n) is 1.74. The summed E-state index contributed by atoms with van der Waals surface area (Å²) in [6, 6.07) is 0. The quantitative estimate of drug-likeness (QED) is 0.779. The van der Waals surface area contributed by atoms with Crippen molar-refractivity contribution in [3.63, 3.8) is 0 Å². The van der Waals surface area contributed by atoms with Gasteiger partial charge >= 0.3 is 0 Å². The lowest BCUT2D eigenvalue weighted by Crippen LogP contribution is -2.24. The second kappa shape index (κ2) is 7.22.